The van der Waals surface area contributed by atoms with E-state index in [0.29, 0.717) is 19.5 Å². The molecule has 6 nitrogen and oxygen atoms in total. The van der Waals surface area contributed by atoms with Crippen molar-refractivity contribution in [3.63, 3.8) is 0 Å². The van der Waals surface area contributed by atoms with Crippen molar-refractivity contribution < 1.29 is 14.4 Å². The number of likely N-dealkylation sites (N-methyl/N-ethyl adjacent to an activating group) is 1. The highest BCUT2D eigenvalue weighted by molar-refractivity contribution is 5.93. The van der Waals surface area contributed by atoms with Crippen molar-refractivity contribution in [2.24, 2.45) is 0 Å². The van der Waals surface area contributed by atoms with Gasteiger partial charge in [-0.15, -0.1) is 0 Å². The number of nitrogens with one attached hydrogen (secondary N) is 1. The summed E-state index contributed by atoms with van der Waals surface area (Å²) in [4.78, 5) is 38.9. The van der Waals surface area contributed by atoms with Gasteiger partial charge in [-0.05, 0) is 31.1 Å². The van der Waals surface area contributed by atoms with Crippen molar-refractivity contribution in [3.8, 4) is 0 Å². The van der Waals surface area contributed by atoms with E-state index in [-0.39, 0.29) is 30.3 Å². The molecule has 0 radical (unpaired) electrons. The van der Waals surface area contributed by atoms with Crippen LogP contribution < -0.4 is 10.2 Å². The zero-order valence-corrected chi connectivity index (χ0v) is 14.1. The van der Waals surface area contributed by atoms with Gasteiger partial charge in [-0.25, -0.2) is 0 Å². The van der Waals surface area contributed by atoms with Crippen molar-refractivity contribution in [2.75, 3.05) is 24.5 Å². The molecule has 0 aromatic heterocycles. The SMILES string of the molecule is C=CC(=O)N(CC)CC(=O)NC1CCN(C(C)=O)c2ccccc21. The molecule has 0 bridgehead atoms. The number of fused-ring (bicyclic) bond motifs is 1. The van der Waals surface area contributed by atoms with E-state index in [1.807, 2.05) is 31.2 Å². The van der Waals surface area contributed by atoms with Crippen LogP contribution in [0.25, 0.3) is 0 Å². The van der Waals surface area contributed by atoms with Crippen LogP contribution in [-0.2, 0) is 14.4 Å². The highest BCUT2D eigenvalue weighted by Gasteiger charge is 2.28. The second-order valence-electron chi connectivity index (χ2n) is 5.69. The van der Waals surface area contributed by atoms with Gasteiger partial charge >= 0.3 is 0 Å². The lowest BCUT2D eigenvalue weighted by atomic mass is 9.96. The number of nitrogens with zero attached hydrogens (tertiary/aromatic N) is 2. The van der Waals surface area contributed by atoms with Gasteiger partial charge in [0.2, 0.25) is 17.7 Å². The number of hydrogen-bond acceptors (Lipinski definition) is 3. The molecule has 24 heavy (non-hydrogen) atoms. The fourth-order valence-corrected chi connectivity index (χ4v) is 2.93. The van der Waals surface area contributed by atoms with E-state index in [1.165, 1.54) is 17.9 Å². The summed E-state index contributed by atoms with van der Waals surface area (Å²) in [7, 11) is 0. The molecule has 1 aromatic carbocycles. The third kappa shape index (κ3) is 3.82. The quantitative estimate of drug-likeness (QED) is 0.835. The third-order valence-corrected chi connectivity index (χ3v) is 4.16. The minimum atomic E-state index is -0.264. The van der Waals surface area contributed by atoms with Crippen LogP contribution in [0.5, 0.6) is 0 Å². The fraction of sp³-hybridized carbons (Fsp3) is 0.389. The number of amides is 3. The van der Waals surface area contributed by atoms with Crippen LogP contribution >= 0.6 is 0 Å². The molecule has 0 saturated heterocycles. The summed E-state index contributed by atoms with van der Waals surface area (Å²) in [6, 6.07) is 7.40. The van der Waals surface area contributed by atoms with E-state index in [4.69, 9.17) is 0 Å². The number of carbonyl (C=O) groups excluding carboxylic acids is 3. The van der Waals surface area contributed by atoms with Crippen LogP contribution in [0.3, 0.4) is 0 Å². The Morgan fingerprint density at radius 3 is 2.71 bits per heavy atom. The molecule has 0 saturated carbocycles. The summed E-state index contributed by atoms with van der Waals surface area (Å²) in [5.41, 5.74) is 1.75. The third-order valence-electron chi connectivity index (χ3n) is 4.16. The van der Waals surface area contributed by atoms with E-state index in [2.05, 4.69) is 11.9 Å². The number of hydrogen-bond donors (Lipinski definition) is 1. The molecule has 6 heteroatoms. The molecule has 1 atom stereocenters. The standard InChI is InChI=1S/C18H23N3O3/c1-4-18(24)20(5-2)12-17(23)19-15-10-11-21(13(3)22)16-9-7-6-8-14(15)16/h4,6-9,15H,1,5,10-12H2,2-3H3,(H,19,23). The molecule has 1 N–H and O–H groups in total. The van der Waals surface area contributed by atoms with Crippen molar-refractivity contribution in [3.05, 3.63) is 42.5 Å². The average Bonchev–Trinajstić information content (AvgIpc) is 2.59. The van der Waals surface area contributed by atoms with E-state index in [9.17, 15) is 14.4 Å². The minimum absolute atomic E-state index is 0.00353. The molecular weight excluding hydrogens is 306 g/mol. The topological polar surface area (TPSA) is 69.7 Å². The Kier molecular flexibility index (Phi) is 5.73. The van der Waals surface area contributed by atoms with Gasteiger partial charge in [0, 0.05) is 25.7 Å². The summed E-state index contributed by atoms with van der Waals surface area (Å²) in [5, 5.41) is 2.97. The number of anilines is 1. The van der Waals surface area contributed by atoms with Crippen LogP contribution in [0.15, 0.2) is 36.9 Å². The van der Waals surface area contributed by atoms with Gasteiger partial charge in [-0.3, -0.25) is 14.4 Å². The summed E-state index contributed by atoms with van der Waals surface area (Å²) >= 11 is 0. The number of para-hydroxylation sites is 1. The molecule has 3 amide bonds. The van der Waals surface area contributed by atoms with Crippen molar-refractivity contribution in [2.45, 2.75) is 26.3 Å². The van der Waals surface area contributed by atoms with Gasteiger partial charge in [0.25, 0.3) is 0 Å². The molecule has 0 fully saturated rings. The van der Waals surface area contributed by atoms with E-state index >= 15 is 0 Å². The molecule has 2 rings (SSSR count). The molecule has 0 aliphatic carbocycles. The molecule has 1 aromatic rings. The fourth-order valence-electron chi connectivity index (χ4n) is 2.93. The maximum atomic E-state index is 12.3. The monoisotopic (exact) mass is 329 g/mol. The highest BCUT2D eigenvalue weighted by Crippen LogP contribution is 2.33. The average molecular weight is 329 g/mol. The molecular formula is C18H23N3O3. The largest absolute Gasteiger partial charge is 0.348 e. The molecule has 1 unspecified atom stereocenters. The van der Waals surface area contributed by atoms with Crippen molar-refractivity contribution >= 4 is 23.4 Å². The van der Waals surface area contributed by atoms with Crippen LogP contribution in [0.4, 0.5) is 5.69 Å². The molecule has 128 valence electrons. The maximum Gasteiger partial charge on any atom is 0.246 e. The van der Waals surface area contributed by atoms with Gasteiger partial charge in [0.1, 0.15) is 0 Å². The van der Waals surface area contributed by atoms with Crippen molar-refractivity contribution in [1.29, 1.82) is 0 Å². The number of benzene rings is 1. The van der Waals surface area contributed by atoms with Gasteiger partial charge < -0.3 is 15.1 Å². The molecule has 1 heterocycles. The molecule has 0 spiro atoms. The summed E-state index contributed by atoms with van der Waals surface area (Å²) < 4.78 is 0. The van der Waals surface area contributed by atoms with Gasteiger partial charge in [0.15, 0.2) is 0 Å². The lowest BCUT2D eigenvalue weighted by molar-refractivity contribution is -0.132. The van der Waals surface area contributed by atoms with Gasteiger partial charge in [-0.2, -0.15) is 0 Å². The Morgan fingerprint density at radius 2 is 2.08 bits per heavy atom. The van der Waals surface area contributed by atoms with Crippen LogP contribution in [-0.4, -0.2) is 42.3 Å². The summed E-state index contributed by atoms with van der Waals surface area (Å²) in [6.45, 7) is 7.79. The number of carbonyl (C=O) groups is 3. The van der Waals surface area contributed by atoms with Gasteiger partial charge in [0.05, 0.1) is 12.6 Å². The number of rotatable bonds is 5. The van der Waals surface area contributed by atoms with E-state index in [0.717, 1.165) is 11.3 Å². The van der Waals surface area contributed by atoms with Crippen molar-refractivity contribution in [1.82, 2.24) is 10.2 Å². The zero-order valence-electron chi connectivity index (χ0n) is 14.1. The maximum absolute atomic E-state index is 12.3. The molecule has 1 aliphatic rings. The minimum Gasteiger partial charge on any atom is -0.348 e. The normalized spacial score (nSPS) is 16.1. The Morgan fingerprint density at radius 1 is 1.38 bits per heavy atom. The zero-order chi connectivity index (χ0) is 17.7. The predicted molar refractivity (Wildman–Crippen MR) is 92.4 cm³/mol. The Balaban J connectivity index is 2.11. The summed E-state index contributed by atoms with van der Waals surface area (Å²) in [5.74, 6) is -0.497. The first kappa shape index (κ1) is 17.7. The molecule has 1 aliphatic heterocycles. The first-order valence-electron chi connectivity index (χ1n) is 8.05. The van der Waals surface area contributed by atoms with E-state index in [1.54, 1.807) is 4.90 Å². The van der Waals surface area contributed by atoms with Crippen LogP contribution in [0.1, 0.15) is 31.9 Å². The Labute approximate surface area is 142 Å². The van der Waals surface area contributed by atoms with E-state index < -0.39 is 0 Å². The lowest BCUT2D eigenvalue weighted by Crippen LogP contribution is -2.44. The van der Waals surface area contributed by atoms with Gasteiger partial charge in [-0.1, -0.05) is 24.8 Å². The second kappa shape index (κ2) is 7.77. The van der Waals surface area contributed by atoms with Crippen LogP contribution in [0.2, 0.25) is 0 Å². The van der Waals surface area contributed by atoms with Crippen LogP contribution in [0, 0.1) is 0 Å². The first-order valence-corrected chi connectivity index (χ1v) is 8.05. The predicted octanol–water partition coefficient (Wildman–Crippen LogP) is 1.63. The Bertz CT molecular complexity index is 657. The summed E-state index contributed by atoms with van der Waals surface area (Å²) in [6.07, 6.45) is 1.85. The first-order chi connectivity index (χ1) is 11.5. The Hall–Kier alpha value is -2.63. The lowest BCUT2D eigenvalue weighted by Gasteiger charge is -2.34. The smallest absolute Gasteiger partial charge is 0.246 e. The second-order valence-corrected chi connectivity index (χ2v) is 5.69. The highest BCUT2D eigenvalue weighted by atomic mass is 16.2.